The van der Waals surface area contributed by atoms with Crippen molar-refractivity contribution >= 4 is 38.6 Å². The van der Waals surface area contributed by atoms with E-state index in [0.717, 1.165) is 18.9 Å². The van der Waals surface area contributed by atoms with E-state index in [1.807, 2.05) is 0 Å². The van der Waals surface area contributed by atoms with Crippen molar-refractivity contribution in [2.45, 2.75) is 30.4 Å². The molecule has 0 saturated heterocycles. The summed E-state index contributed by atoms with van der Waals surface area (Å²) in [6.45, 7) is 3.39. The second-order valence-corrected chi connectivity index (χ2v) is 7.85. The van der Waals surface area contributed by atoms with Crippen molar-refractivity contribution in [2.24, 2.45) is 0 Å². The monoisotopic (exact) mass is 356 g/mol. The van der Waals surface area contributed by atoms with Gasteiger partial charge in [-0.25, -0.2) is 13.1 Å². The van der Waals surface area contributed by atoms with E-state index in [4.69, 9.17) is 16.3 Å². The molecule has 0 bridgehead atoms. The number of nitrogens with zero attached hydrogens (tertiary/aromatic N) is 1. The Bertz CT molecular complexity index is 573. The number of sulfonamides is 1. The molecule has 0 amide bonds. The minimum Gasteiger partial charge on any atom is -0.381 e. The molecule has 120 valence electrons. The number of hydrogen-bond donors (Lipinski definition) is 1. The van der Waals surface area contributed by atoms with Crippen molar-refractivity contribution in [3.8, 4) is 0 Å². The Morgan fingerprint density at radius 1 is 1.43 bits per heavy atom. The molecule has 1 aromatic heterocycles. The summed E-state index contributed by atoms with van der Waals surface area (Å²) in [5.41, 5.74) is -0.398. The molecule has 1 rings (SSSR count). The SMILES string of the molecule is CCCCOCCCNS(=O)(=O)c1cc([N+](=O)[O-])c(Cl)s1. The van der Waals surface area contributed by atoms with Crippen LogP contribution in [0.5, 0.6) is 0 Å². The number of nitro groups is 1. The zero-order valence-electron chi connectivity index (χ0n) is 11.5. The van der Waals surface area contributed by atoms with E-state index in [1.54, 1.807) is 0 Å². The molecule has 21 heavy (non-hydrogen) atoms. The first-order valence-corrected chi connectivity index (χ1v) is 9.07. The smallest absolute Gasteiger partial charge is 0.300 e. The first kappa shape index (κ1) is 18.3. The lowest BCUT2D eigenvalue weighted by atomic mass is 10.4. The minimum atomic E-state index is -3.77. The van der Waals surface area contributed by atoms with E-state index in [9.17, 15) is 18.5 Å². The molecule has 0 aliphatic heterocycles. The molecule has 0 aromatic carbocycles. The number of halogens is 1. The summed E-state index contributed by atoms with van der Waals surface area (Å²) in [4.78, 5) is 9.93. The molecule has 1 heterocycles. The van der Waals surface area contributed by atoms with Crippen LogP contribution >= 0.6 is 22.9 Å². The molecule has 0 radical (unpaired) electrons. The van der Waals surface area contributed by atoms with E-state index < -0.39 is 20.6 Å². The number of unbranched alkanes of at least 4 members (excludes halogenated alkanes) is 1. The second kappa shape index (κ2) is 8.64. The van der Waals surface area contributed by atoms with Crippen molar-refractivity contribution in [2.75, 3.05) is 19.8 Å². The second-order valence-electron chi connectivity index (χ2n) is 4.20. The van der Waals surface area contributed by atoms with Crippen molar-refractivity contribution in [3.63, 3.8) is 0 Å². The predicted octanol–water partition coefficient (Wildman–Crippen LogP) is 2.79. The Kier molecular flexibility index (Phi) is 7.53. The molecule has 1 aromatic rings. The number of thiophene rings is 1. The largest absolute Gasteiger partial charge is 0.381 e. The summed E-state index contributed by atoms with van der Waals surface area (Å²) in [6.07, 6.45) is 2.55. The van der Waals surface area contributed by atoms with Crippen LogP contribution < -0.4 is 4.72 Å². The van der Waals surface area contributed by atoms with Crippen LogP contribution in [-0.4, -0.2) is 33.1 Å². The van der Waals surface area contributed by atoms with Crippen molar-refractivity contribution < 1.29 is 18.1 Å². The van der Waals surface area contributed by atoms with Gasteiger partial charge >= 0.3 is 0 Å². The average Bonchev–Trinajstić information content (AvgIpc) is 2.81. The van der Waals surface area contributed by atoms with Crippen LogP contribution in [0.15, 0.2) is 10.3 Å². The van der Waals surface area contributed by atoms with Crippen LogP contribution in [0.25, 0.3) is 0 Å². The van der Waals surface area contributed by atoms with Crippen LogP contribution in [0.2, 0.25) is 4.34 Å². The van der Waals surface area contributed by atoms with Gasteiger partial charge in [-0.05, 0) is 12.8 Å². The van der Waals surface area contributed by atoms with Gasteiger partial charge in [0.25, 0.3) is 5.69 Å². The van der Waals surface area contributed by atoms with Crippen LogP contribution in [0.1, 0.15) is 26.2 Å². The van der Waals surface area contributed by atoms with Gasteiger partial charge in [-0.2, -0.15) is 0 Å². The van der Waals surface area contributed by atoms with Gasteiger partial charge in [0.1, 0.15) is 4.21 Å². The van der Waals surface area contributed by atoms with Crippen LogP contribution in [0.3, 0.4) is 0 Å². The van der Waals surface area contributed by atoms with Crippen LogP contribution in [0, 0.1) is 10.1 Å². The quantitative estimate of drug-likeness (QED) is 0.395. The van der Waals surface area contributed by atoms with Gasteiger partial charge in [0.15, 0.2) is 4.34 Å². The highest BCUT2D eigenvalue weighted by Gasteiger charge is 2.24. The van der Waals surface area contributed by atoms with Crippen molar-refractivity contribution in [3.05, 3.63) is 20.5 Å². The maximum atomic E-state index is 11.9. The molecule has 0 spiro atoms. The maximum absolute atomic E-state index is 11.9. The van der Waals surface area contributed by atoms with Gasteiger partial charge in [-0.15, -0.1) is 11.3 Å². The van der Waals surface area contributed by atoms with E-state index >= 15 is 0 Å². The Balaban J connectivity index is 2.47. The summed E-state index contributed by atoms with van der Waals surface area (Å²) < 4.78 is 31.2. The lowest BCUT2D eigenvalue weighted by Gasteiger charge is -2.05. The maximum Gasteiger partial charge on any atom is 0.300 e. The van der Waals surface area contributed by atoms with E-state index in [2.05, 4.69) is 11.6 Å². The number of nitrogens with one attached hydrogen (secondary N) is 1. The fourth-order valence-electron chi connectivity index (χ4n) is 1.40. The van der Waals surface area contributed by atoms with Gasteiger partial charge < -0.3 is 4.74 Å². The first-order chi connectivity index (χ1) is 9.88. The highest BCUT2D eigenvalue weighted by atomic mass is 35.5. The van der Waals surface area contributed by atoms with Gasteiger partial charge in [-0.3, -0.25) is 10.1 Å². The number of hydrogen-bond acceptors (Lipinski definition) is 6. The van der Waals surface area contributed by atoms with Crippen molar-refractivity contribution in [1.29, 1.82) is 0 Å². The highest BCUT2D eigenvalue weighted by molar-refractivity contribution is 7.91. The van der Waals surface area contributed by atoms with Crippen LogP contribution in [0.4, 0.5) is 5.69 Å². The third-order valence-electron chi connectivity index (χ3n) is 2.51. The lowest BCUT2D eigenvalue weighted by molar-refractivity contribution is -0.384. The molecule has 0 aliphatic carbocycles. The molecule has 0 saturated carbocycles. The molecule has 0 aliphatic rings. The molecule has 0 unspecified atom stereocenters. The standard InChI is InChI=1S/C11H17ClN2O5S2/c1-2-3-6-19-7-4-5-13-21(17,18)10-8-9(14(15)16)11(12)20-10/h8,13H,2-7H2,1H3. The Hall–Kier alpha value is -0.740. The Labute approximate surface area is 132 Å². The Morgan fingerprint density at radius 2 is 2.10 bits per heavy atom. The van der Waals surface area contributed by atoms with Gasteiger partial charge in [0, 0.05) is 25.8 Å². The van der Waals surface area contributed by atoms with Gasteiger partial charge in [0.2, 0.25) is 10.0 Å². The van der Waals surface area contributed by atoms with Gasteiger partial charge in [-0.1, -0.05) is 24.9 Å². The number of ether oxygens (including phenoxy) is 1. The topological polar surface area (TPSA) is 98.5 Å². The molecule has 7 nitrogen and oxygen atoms in total. The third kappa shape index (κ3) is 5.87. The number of rotatable bonds is 10. The molecule has 0 atom stereocenters. The molecule has 0 fully saturated rings. The average molecular weight is 357 g/mol. The zero-order chi connectivity index (χ0) is 15.9. The summed E-state index contributed by atoms with van der Waals surface area (Å²) in [5, 5.41) is 10.6. The normalized spacial score (nSPS) is 11.7. The molecular formula is C11H17ClN2O5S2. The van der Waals surface area contributed by atoms with E-state index in [1.165, 1.54) is 0 Å². The summed E-state index contributed by atoms with van der Waals surface area (Å²) in [5.74, 6) is 0. The summed E-state index contributed by atoms with van der Waals surface area (Å²) >= 11 is 6.31. The molecule has 10 heteroatoms. The fraction of sp³-hybridized carbons (Fsp3) is 0.636. The summed E-state index contributed by atoms with van der Waals surface area (Å²) in [7, 11) is -3.77. The van der Waals surface area contributed by atoms with E-state index in [0.29, 0.717) is 31.0 Å². The molecular weight excluding hydrogens is 340 g/mol. The fourth-order valence-corrected chi connectivity index (χ4v) is 4.18. The first-order valence-electron chi connectivity index (χ1n) is 6.39. The minimum absolute atomic E-state index is 0.150. The molecule has 1 N–H and O–H groups in total. The zero-order valence-corrected chi connectivity index (χ0v) is 13.9. The highest BCUT2D eigenvalue weighted by Crippen LogP contribution is 2.35. The van der Waals surface area contributed by atoms with Gasteiger partial charge in [0.05, 0.1) is 4.92 Å². The Morgan fingerprint density at radius 3 is 2.67 bits per heavy atom. The van der Waals surface area contributed by atoms with E-state index in [-0.39, 0.29) is 15.1 Å². The summed E-state index contributed by atoms with van der Waals surface area (Å²) in [6, 6.07) is 0.965. The lowest BCUT2D eigenvalue weighted by Crippen LogP contribution is -2.24. The third-order valence-corrected chi connectivity index (χ3v) is 5.78. The van der Waals surface area contributed by atoms with Crippen LogP contribution in [-0.2, 0) is 14.8 Å². The predicted molar refractivity (Wildman–Crippen MR) is 81.5 cm³/mol. The van der Waals surface area contributed by atoms with Crippen molar-refractivity contribution in [1.82, 2.24) is 4.72 Å².